The third kappa shape index (κ3) is 3.57. The average molecular weight is 420 g/mol. The second-order valence-corrected chi connectivity index (χ2v) is 8.63. The van der Waals surface area contributed by atoms with Gasteiger partial charge in [0.15, 0.2) is 5.82 Å². The summed E-state index contributed by atoms with van der Waals surface area (Å²) in [5.41, 5.74) is 0.874. The highest BCUT2D eigenvalue weighted by atomic mass is 32.1. The maximum Gasteiger partial charge on any atom is 0.410 e. The topological polar surface area (TPSA) is 79.7 Å². The van der Waals surface area contributed by atoms with Crippen molar-refractivity contribution in [1.29, 1.82) is 0 Å². The summed E-state index contributed by atoms with van der Waals surface area (Å²) in [6.07, 6.45) is -0.248. The Balaban J connectivity index is 1.53. The van der Waals surface area contributed by atoms with Crippen molar-refractivity contribution < 1.29 is 14.4 Å². The second kappa shape index (κ2) is 8.02. The number of thiophene rings is 2. The fourth-order valence-electron chi connectivity index (χ4n) is 3.60. The van der Waals surface area contributed by atoms with Crippen molar-refractivity contribution in [2.24, 2.45) is 0 Å². The Morgan fingerprint density at radius 1 is 1.39 bits per heavy atom. The molecule has 148 valence electrons. The van der Waals surface area contributed by atoms with E-state index in [1.54, 1.807) is 16.2 Å². The standard InChI is InChI=1S/C19H22N4O3S2/c1-3-26-19(25)23-8-6-22(7-9-23)12(2)16-20-17(24)15-13(11-28-18(15)21-16)14-5-4-10-27-14/h4-5,10-12H,3,6-9H2,1-2H3,(H,20,21,24)/p+1/t12-/m0/s1. The minimum Gasteiger partial charge on any atom is -0.450 e. The monoisotopic (exact) mass is 419 g/mol. The number of amides is 1. The predicted octanol–water partition coefficient (Wildman–Crippen LogP) is 2.13. The largest absolute Gasteiger partial charge is 0.450 e. The van der Waals surface area contributed by atoms with Crippen LogP contribution in [0.3, 0.4) is 0 Å². The molecule has 28 heavy (non-hydrogen) atoms. The summed E-state index contributed by atoms with van der Waals surface area (Å²) in [6.45, 7) is 7.17. The molecule has 1 aliphatic heterocycles. The van der Waals surface area contributed by atoms with Crippen LogP contribution in [0, 0.1) is 0 Å². The molecule has 0 spiro atoms. The van der Waals surface area contributed by atoms with E-state index in [1.165, 1.54) is 16.2 Å². The van der Waals surface area contributed by atoms with Crippen molar-refractivity contribution in [2.75, 3.05) is 32.8 Å². The summed E-state index contributed by atoms with van der Waals surface area (Å²) in [5.74, 6) is 0.705. The quantitative estimate of drug-likeness (QED) is 0.679. The van der Waals surface area contributed by atoms with E-state index >= 15 is 0 Å². The molecule has 4 heterocycles. The van der Waals surface area contributed by atoms with Gasteiger partial charge in [-0.3, -0.25) is 9.69 Å². The van der Waals surface area contributed by atoms with Gasteiger partial charge in [0.2, 0.25) is 0 Å². The van der Waals surface area contributed by atoms with Gasteiger partial charge in [0.05, 0.1) is 38.2 Å². The second-order valence-electron chi connectivity index (χ2n) is 6.82. The molecule has 1 aliphatic rings. The number of ether oxygens (including phenoxy) is 1. The Labute approximate surface area is 170 Å². The smallest absolute Gasteiger partial charge is 0.410 e. The minimum absolute atomic E-state index is 0.0498. The number of H-pyrrole nitrogens is 1. The zero-order chi connectivity index (χ0) is 19.7. The molecule has 4 rings (SSSR count). The van der Waals surface area contributed by atoms with Crippen LogP contribution in [-0.2, 0) is 4.74 Å². The van der Waals surface area contributed by atoms with Crippen molar-refractivity contribution in [2.45, 2.75) is 19.9 Å². The molecular formula is C19H23N4O3S2+. The number of nitrogens with one attached hydrogen (secondary N) is 2. The number of quaternary nitrogens is 1. The highest BCUT2D eigenvalue weighted by molar-refractivity contribution is 7.18. The van der Waals surface area contributed by atoms with Crippen LogP contribution in [-0.4, -0.2) is 53.7 Å². The van der Waals surface area contributed by atoms with E-state index in [0.29, 0.717) is 30.9 Å². The van der Waals surface area contributed by atoms with Gasteiger partial charge in [-0.1, -0.05) is 6.07 Å². The highest BCUT2D eigenvalue weighted by Gasteiger charge is 2.30. The Morgan fingerprint density at radius 3 is 2.86 bits per heavy atom. The number of hydrogen-bond donors (Lipinski definition) is 2. The number of aromatic amines is 1. The van der Waals surface area contributed by atoms with Gasteiger partial charge >= 0.3 is 6.09 Å². The van der Waals surface area contributed by atoms with E-state index in [9.17, 15) is 9.59 Å². The molecule has 0 aliphatic carbocycles. The lowest BCUT2D eigenvalue weighted by molar-refractivity contribution is -0.934. The van der Waals surface area contributed by atoms with E-state index in [-0.39, 0.29) is 17.7 Å². The van der Waals surface area contributed by atoms with E-state index < -0.39 is 0 Å². The first-order valence-electron chi connectivity index (χ1n) is 9.40. The van der Waals surface area contributed by atoms with Crippen molar-refractivity contribution in [3.05, 3.63) is 39.1 Å². The number of nitrogens with zero attached hydrogens (tertiary/aromatic N) is 2. The van der Waals surface area contributed by atoms with Crippen molar-refractivity contribution in [1.82, 2.24) is 14.9 Å². The lowest BCUT2D eigenvalue weighted by Crippen LogP contribution is -3.14. The molecule has 7 nitrogen and oxygen atoms in total. The molecule has 0 bridgehead atoms. The highest BCUT2D eigenvalue weighted by Crippen LogP contribution is 2.33. The van der Waals surface area contributed by atoms with E-state index in [0.717, 1.165) is 28.4 Å². The number of carbonyl (C=O) groups is 1. The Hall–Kier alpha value is -2.23. The first kappa shape index (κ1) is 19.1. The van der Waals surface area contributed by atoms with Crippen LogP contribution in [0.1, 0.15) is 25.7 Å². The summed E-state index contributed by atoms with van der Waals surface area (Å²) in [6, 6.07) is 4.06. The number of fused-ring (bicyclic) bond motifs is 1. The predicted molar refractivity (Wildman–Crippen MR) is 111 cm³/mol. The average Bonchev–Trinajstić information content (AvgIpc) is 3.37. The molecule has 0 radical (unpaired) electrons. The van der Waals surface area contributed by atoms with Crippen LogP contribution in [0.5, 0.6) is 0 Å². The van der Waals surface area contributed by atoms with Crippen molar-refractivity contribution in [3.63, 3.8) is 0 Å². The summed E-state index contributed by atoms with van der Waals surface area (Å²) in [5, 5.41) is 4.69. The molecular weight excluding hydrogens is 396 g/mol. The van der Waals surface area contributed by atoms with Crippen LogP contribution < -0.4 is 10.5 Å². The third-order valence-corrected chi connectivity index (χ3v) is 6.98. The fraction of sp³-hybridized carbons (Fsp3) is 0.421. The maximum atomic E-state index is 12.8. The molecule has 1 saturated heterocycles. The molecule has 3 aromatic heterocycles. The zero-order valence-electron chi connectivity index (χ0n) is 15.9. The molecule has 0 aromatic carbocycles. The summed E-state index contributed by atoms with van der Waals surface area (Å²) < 4.78 is 5.08. The SMILES string of the molecule is CCOC(=O)N1CC[NH+]([C@@H](C)c2nc3scc(-c4cccs4)c3c(=O)[nH]2)CC1. The molecule has 1 fully saturated rings. The van der Waals surface area contributed by atoms with Gasteiger partial charge in [-0.15, -0.1) is 22.7 Å². The molecule has 1 amide bonds. The Bertz CT molecular complexity index is 1020. The lowest BCUT2D eigenvalue weighted by Gasteiger charge is -2.34. The fourth-order valence-corrected chi connectivity index (χ4v) is 5.37. The van der Waals surface area contributed by atoms with Crippen LogP contribution in [0.4, 0.5) is 4.79 Å². The number of hydrogen-bond acceptors (Lipinski definition) is 6. The van der Waals surface area contributed by atoms with Gasteiger partial charge in [-0.25, -0.2) is 9.78 Å². The number of rotatable bonds is 4. The molecule has 0 unspecified atom stereocenters. The molecule has 0 saturated carbocycles. The minimum atomic E-state index is -0.248. The van der Waals surface area contributed by atoms with Crippen LogP contribution in [0.2, 0.25) is 0 Å². The van der Waals surface area contributed by atoms with Gasteiger partial charge in [0.25, 0.3) is 5.56 Å². The van der Waals surface area contributed by atoms with E-state index in [2.05, 4.69) is 11.9 Å². The molecule has 1 atom stereocenters. The third-order valence-electron chi connectivity index (χ3n) is 5.20. The number of aromatic nitrogens is 2. The normalized spacial score (nSPS) is 16.4. The summed E-state index contributed by atoms with van der Waals surface area (Å²) >= 11 is 3.13. The van der Waals surface area contributed by atoms with E-state index in [1.807, 2.05) is 29.8 Å². The lowest BCUT2D eigenvalue weighted by atomic mass is 10.2. The van der Waals surface area contributed by atoms with Crippen molar-refractivity contribution in [3.8, 4) is 10.4 Å². The summed E-state index contributed by atoms with van der Waals surface area (Å²) in [7, 11) is 0. The van der Waals surface area contributed by atoms with Gasteiger partial charge in [0, 0.05) is 15.8 Å². The van der Waals surface area contributed by atoms with Gasteiger partial charge < -0.3 is 14.6 Å². The maximum absolute atomic E-state index is 12.8. The van der Waals surface area contributed by atoms with Crippen LogP contribution >= 0.6 is 22.7 Å². The van der Waals surface area contributed by atoms with Gasteiger partial charge in [-0.05, 0) is 25.3 Å². The first-order chi connectivity index (χ1) is 13.6. The number of piperazine rings is 1. The summed E-state index contributed by atoms with van der Waals surface area (Å²) in [4.78, 5) is 37.4. The van der Waals surface area contributed by atoms with E-state index in [4.69, 9.17) is 9.72 Å². The Morgan fingerprint density at radius 2 is 2.18 bits per heavy atom. The Kier molecular flexibility index (Phi) is 5.47. The zero-order valence-corrected chi connectivity index (χ0v) is 17.5. The molecule has 3 aromatic rings. The first-order valence-corrected chi connectivity index (χ1v) is 11.2. The van der Waals surface area contributed by atoms with Gasteiger partial charge in [0.1, 0.15) is 10.9 Å². The van der Waals surface area contributed by atoms with Crippen molar-refractivity contribution >= 4 is 39.0 Å². The molecule has 9 heteroatoms. The van der Waals surface area contributed by atoms with Gasteiger partial charge in [-0.2, -0.15) is 0 Å². The van der Waals surface area contributed by atoms with Crippen LogP contribution in [0.15, 0.2) is 27.7 Å². The number of carbonyl (C=O) groups excluding carboxylic acids is 1. The molecule has 2 N–H and O–H groups in total. The van der Waals surface area contributed by atoms with Crippen LogP contribution in [0.25, 0.3) is 20.7 Å².